The van der Waals surface area contributed by atoms with Crippen molar-refractivity contribution in [3.63, 3.8) is 0 Å². The van der Waals surface area contributed by atoms with Gasteiger partial charge in [-0.2, -0.15) is 0 Å². The maximum Gasteiger partial charge on any atom is 0.125 e. The van der Waals surface area contributed by atoms with E-state index in [9.17, 15) is 0 Å². The molecule has 0 aromatic heterocycles. The minimum Gasteiger partial charge on any atom is -0.319 e. The summed E-state index contributed by atoms with van der Waals surface area (Å²) >= 11 is 11.7. The second-order valence-electron chi connectivity index (χ2n) is 2.63. The number of alkyl halides is 2. The predicted octanol–water partition coefficient (Wildman–Crippen LogP) is 1.65. The highest BCUT2D eigenvalue weighted by Gasteiger charge is 2.59. The summed E-state index contributed by atoms with van der Waals surface area (Å²) in [6.45, 7) is 3.00. The van der Waals surface area contributed by atoms with Crippen LogP contribution in [-0.2, 0) is 0 Å². The maximum absolute atomic E-state index is 5.86. The van der Waals surface area contributed by atoms with E-state index < -0.39 is 4.33 Å². The van der Waals surface area contributed by atoms with Gasteiger partial charge < -0.3 is 5.32 Å². The Hall–Kier alpha value is 0.540. The topological polar surface area (TPSA) is 12.0 Å². The van der Waals surface area contributed by atoms with Gasteiger partial charge in [-0.3, -0.25) is 0 Å². The average molecular weight is 168 g/mol. The van der Waals surface area contributed by atoms with Crippen molar-refractivity contribution in [1.82, 2.24) is 5.32 Å². The lowest BCUT2D eigenvalue weighted by Crippen LogP contribution is -2.12. The van der Waals surface area contributed by atoms with Crippen molar-refractivity contribution in [2.45, 2.75) is 11.3 Å². The highest BCUT2D eigenvalue weighted by molar-refractivity contribution is 6.51. The van der Waals surface area contributed by atoms with Crippen molar-refractivity contribution in [2.75, 3.05) is 13.6 Å². The van der Waals surface area contributed by atoms with Crippen molar-refractivity contribution >= 4 is 23.2 Å². The van der Waals surface area contributed by atoms with Crippen LogP contribution in [0.15, 0.2) is 0 Å². The van der Waals surface area contributed by atoms with E-state index in [1.807, 2.05) is 7.05 Å². The lowest BCUT2D eigenvalue weighted by Gasteiger charge is -1.95. The molecule has 0 spiro atoms. The zero-order valence-electron chi connectivity index (χ0n) is 5.62. The summed E-state index contributed by atoms with van der Waals surface area (Å²) in [4.78, 5) is 0. The van der Waals surface area contributed by atoms with Gasteiger partial charge in [0.15, 0.2) is 0 Å². The number of hydrogen-bond acceptors (Lipinski definition) is 1. The fourth-order valence-electron chi connectivity index (χ4n) is 1.09. The van der Waals surface area contributed by atoms with Crippen LogP contribution < -0.4 is 5.32 Å². The van der Waals surface area contributed by atoms with Crippen LogP contribution in [0, 0.1) is 11.8 Å². The first-order chi connectivity index (χ1) is 4.10. The van der Waals surface area contributed by atoms with Gasteiger partial charge in [0.25, 0.3) is 0 Å². The molecule has 1 fully saturated rings. The van der Waals surface area contributed by atoms with E-state index >= 15 is 0 Å². The second-order valence-corrected chi connectivity index (χ2v) is 4.07. The molecule has 0 aromatic rings. The van der Waals surface area contributed by atoms with Crippen molar-refractivity contribution in [3.05, 3.63) is 0 Å². The summed E-state index contributed by atoms with van der Waals surface area (Å²) in [6.07, 6.45) is 0. The van der Waals surface area contributed by atoms with Gasteiger partial charge in [-0.15, -0.1) is 23.2 Å². The molecule has 1 N–H and O–H groups in total. The number of hydrogen-bond donors (Lipinski definition) is 1. The van der Waals surface area contributed by atoms with E-state index in [1.54, 1.807) is 0 Å². The zero-order valence-corrected chi connectivity index (χ0v) is 7.13. The van der Waals surface area contributed by atoms with E-state index in [4.69, 9.17) is 23.2 Å². The lowest BCUT2D eigenvalue weighted by molar-refractivity contribution is 0.671. The molecule has 0 heterocycles. The molecule has 2 atom stereocenters. The van der Waals surface area contributed by atoms with Crippen LogP contribution >= 0.6 is 23.2 Å². The Kier molecular flexibility index (Phi) is 1.95. The molecule has 1 saturated carbocycles. The molecule has 1 rings (SSSR count). The smallest absolute Gasteiger partial charge is 0.125 e. The Balaban J connectivity index is 2.33. The Morgan fingerprint density at radius 3 is 2.11 bits per heavy atom. The second kappa shape index (κ2) is 2.30. The van der Waals surface area contributed by atoms with E-state index in [0.717, 1.165) is 6.54 Å². The third-order valence-corrected chi connectivity index (χ3v) is 3.27. The van der Waals surface area contributed by atoms with E-state index in [0.29, 0.717) is 11.8 Å². The summed E-state index contributed by atoms with van der Waals surface area (Å²) in [7, 11) is 1.91. The van der Waals surface area contributed by atoms with Crippen LogP contribution in [0.5, 0.6) is 0 Å². The zero-order chi connectivity index (χ0) is 7.07. The molecule has 3 heteroatoms. The van der Waals surface area contributed by atoms with E-state index in [2.05, 4.69) is 12.2 Å². The third-order valence-electron chi connectivity index (χ3n) is 2.02. The number of halogens is 2. The van der Waals surface area contributed by atoms with Gasteiger partial charge in [-0.25, -0.2) is 0 Å². The molecule has 9 heavy (non-hydrogen) atoms. The monoisotopic (exact) mass is 167 g/mol. The van der Waals surface area contributed by atoms with Crippen LogP contribution in [0.1, 0.15) is 6.92 Å². The van der Waals surface area contributed by atoms with Crippen LogP contribution in [0.4, 0.5) is 0 Å². The summed E-state index contributed by atoms with van der Waals surface area (Å²) in [5.41, 5.74) is 0. The first-order valence-corrected chi connectivity index (χ1v) is 3.88. The highest BCUT2D eigenvalue weighted by atomic mass is 35.5. The molecule has 0 aliphatic heterocycles. The van der Waals surface area contributed by atoms with Gasteiger partial charge >= 0.3 is 0 Å². The maximum atomic E-state index is 5.86. The molecule has 0 amide bonds. The van der Waals surface area contributed by atoms with Crippen LogP contribution in [0.3, 0.4) is 0 Å². The summed E-state index contributed by atoms with van der Waals surface area (Å²) in [6, 6.07) is 0. The first kappa shape index (κ1) is 7.64. The van der Waals surface area contributed by atoms with Crippen molar-refractivity contribution in [3.8, 4) is 0 Å². The normalized spacial score (nSPS) is 38.7. The lowest BCUT2D eigenvalue weighted by atomic mass is 10.3. The van der Waals surface area contributed by atoms with Gasteiger partial charge in [0, 0.05) is 12.5 Å². The third kappa shape index (κ3) is 1.19. The van der Waals surface area contributed by atoms with Crippen LogP contribution in [0.25, 0.3) is 0 Å². The fourth-order valence-corrected chi connectivity index (χ4v) is 1.80. The van der Waals surface area contributed by atoms with Gasteiger partial charge in [-0.1, -0.05) is 6.92 Å². The highest BCUT2D eigenvalue weighted by Crippen LogP contribution is 2.58. The number of rotatable bonds is 2. The standard InChI is InChI=1S/C6H11Cl2N/c1-4-5(3-9-2)6(4,7)8/h4-5,9H,3H2,1-2H3. The molecule has 1 aliphatic carbocycles. The average Bonchev–Trinajstić information content (AvgIpc) is 2.19. The molecular weight excluding hydrogens is 157 g/mol. The van der Waals surface area contributed by atoms with Crippen molar-refractivity contribution in [2.24, 2.45) is 11.8 Å². The summed E-state index contributed by atoms with van der Waals surface area (Å²) < 4.78 is -0.441. The Morgan fingerprint density at radius 1 is 1.56 bits per heavy atom. The van der Waals surface area contributed by atoms with E-state index in [1.165, 1.54) is 0 Å². The summed E-state index contributed by atoms with van der Waals surface area (Å²) in [5, 5.41) is 3.05. The molecule has 0 bridgehead atoms. The van der Waals surface area contributed by atoms with Gasteiger partial charge in [0.2, 0.25) is 0 Å². The molecule has 0 aromatic carbocycles. The SMILES string of the molecule is CNCC1C(C)C1(Cl)Cl. The molecule has 1 aliphatic rings. The number of nitrogens with one attached hydrogen (secondary N) is 1. The molecular formula is C6H11Cl2N. The Morgan fingerprint density at radius 2 is 2.00 bits per heavy atom. The Labute approximate surface area is 65.7 Å². The molecule has 2 unspecified atom stereocenters. The van der Waals surface area contributed by atoms with Crippen LogP contribution in [-0.4, -0.2) is 17.9 Å². The minimum absolute atomic E-state index is 0.441. The molecule has 54 valence electrons. The van der Waals surface area contributed by atoms with E-state index in [-0.39, 0.29) is 0 Å². The Bertz CT molecular complexity index is 114. The summed E-state index contributed by atoms with van der Waals surface area (Å²) in [5.74, 6) is 0.902. The van der Waals surface area contributed by atoms with Gasteiger partial charge in [-0.05, 0) is 13.0 Å². The first-order valence-electron chi connectivity index (χ1n) is 3.13. The van der Waals surface area contributed by atoms with Crippen molar-refractivity contribution < 1.29 is 0 Å². The fraction of sp³-hybridized carbons (Fsp3) is 1.00. The molecule has 0 saturated heterocycles. The largest absolute Gasteiger partial charge is 0.319 e. The quantitative estimate of drug-likeness (QED) is 0.618. The minimum atomic E-state index is -0.441. The van der Waals surface area contributed by atoms with Gasteiger partial charge in [0.1, 0.15) is 4.33 Å². The van der Waals surface area contributed by atoms with Crippen molar-refractivity contribution in [1.29, 1.82) is 0 Å². The molecule has 0 radical (unpaired) electrons. The molecule has 1 nitrogen and oxygen atoms in total. The van der Waals surface area contributed by atoms with Crippen LogP contribution in [0.2, 0.25) is 0 Å². The predicted molar refractivity (Wildman–Crippen MR) is 41.0 cm³/mol. The van der Waals surface area contributed by atoms with Gasteiger partial charge in [0.05, 0.1) is 0 Å².